The Kier molecular flexibility index (Phi) is 5.06. The lowest BCUT2D eigenvalue weighted by Gasteiger charge is -2.13. The van der Waals surface area contributed by atoms with E-state index in [0.29, 0.717) is 33.7 Å². The molecule has 0 radical (unpaired) electrons. The summed E-state index contributed by atoms with van der Waals surface area (Å²) in [5.41, 5.74) is 0.303. The lowest BCUT2D eigenvalue weighted by atomic mass is 10.1. The molecular formula is C15H15ClN2O4. The fourth-order valence-electron chi connectivity index (χ4n) is 1.84. The first kappa shape index (κ1) is 15.9. The van der Waals surface area contributed by atoms with Crippen LogP contribution in [0.15, 0.2) is 30.5 Å². The average Bonchev–Trinajstić information content (AvgIpc) is 2.55. The standard InChI is InChI=1S/C15H15ClN2O4/c1-20-11-7-13(22-3)12(21-2)6-10(11)15(19)18-14-5-4-9(16)8-17-14/h4-8H,1-3H3,(H,17,18,19). The molecule has 1 aromatic heterocycles. The number of carbonyl (C=O) groups excluding carboxylic acids is 1. The van der Waals surface area contributed by atoms with Crippen LogP contribution in [0.25, 0.3) is 0 Å². The van der Waals surface area contributed by atoms with Gasteiger partial charge in [0, 0.05) is 18.3 Å². The van der Waals surface area contributed by atoms with Gasteiger partial charge in [-0.25, -0.2) is 4.98 Å². The molecule has 0 saturated carbocycles. The molecule has 0 bridgehead atoms. The maximum Gasteiger partial charge on any atom is 0.260 e. The Morgan fingerprint density at radius 3 is 2.23 bits per heavy atom. The molecule has 0 atom stereocenters. The summed E-state index contributed by atoms with van der Waals surface area (Å²) in [6.07, 6.45) is 1.45. The topological polar surface area (TPSA) is 69.7 Å². The first-order chi connectivity index (χ1) is 10.6. The molecule has 1 N–H and O–H groups in total. The number of benzene rings is 1. The first-order valence-electron chi connectivity index (χ1n) is 6.32. The van der Waals surface area contributed by atoms with Crippen molar-refractivity contribution in [2.75, 3.05) is 26.6 Å². The number of aromatic nitrogens is 1. The second-order valence-corrected chi connectivity index (χ2v) is 4.66. The minimum absolute atomic E-state index is 0.303. The fourth-order valence-corrected chi connectivity index (χ4v) is 1.95. The van der Waals surface area contributed by atoms with E-state index >= 15 is 0 Å². The predicted molar refractivity (Wildman–Crippen MR) is 83.3 cm³/mol. The van der Waals surface area contributed by atoms with E-state index in [0.717, 1.165) is 0 Å². The van der Waals surface area contributed by atoms with Crippen LogP contribution in [-0.4, -0.2) is 32.2 Å². The normalized spacial score (nSPS) is 10.0. The van der Waals surface area contributed by atoms with E-state index in [-0.39, 0.29) is 5.91 Å². The van der Waals surface area contributed by atoms with Crippen molar-refractivity contribution in [3.63, 3.8) is 0 Å². The third-order valence-corrected chi connectivity index (χ3v) is 3.14. The number of nitrogens with zero attached hydrogens (tertiary/aromatic N) is 1. The molecule has 116 valence electrons. The van der Waals surface area contributed by atoms with Gasteiger partial charge in [-0.3, -0.25) is 4.79 Å². The highest BCUT2D eigenvalue weighted by Crippen LogP contribution is 2.34. The molecule has 1 aromatic carbocycles. The molecule has 0 aliphatic carbocycles. The Morgan fingerprint density at radius 1 is 1.05 bits per heavy atom. The van der Waals surface area contributed by atoms with Gasteiger partial charge in [0.15, 0.2) is 11.5 Å². The number of methoxy groups -OCH3 is 3. The summed E-state index contributed by atoms with van der Waals surface area (Å²) in [5, 5.41) is 3.15. The number of halogens is 1. The number of ether oxygens (including phenoxy) is 3. The second-order valence-electron chi connectivity index (χ2n) is 4.22. The molecule has 22 heavy (non-hydrogen) atoms. The quantitative estimate of drug-likeness (QED) is 0.916. The van der Waals surface area contributed by atoms with Crippen LogP contribution in [0.4, 0.5) is 5.82 Å². The zero-order valence-electron chi connectivity index (χ0n) is 12.3. The van der Waals surface area contributed by atoms with Gasteiger partial charge in [-0.15, -0.1) is 0 Å². The van der Waals surface area contributed by atoms with Crippen LogP contribution in [0.5, 0.6) is 17.2 Å². The lowest BCUT2D eigenvalue weighted by molar-refractivity contribution is 0.102. The van der Waals surface area contributed by atoms with E-state index in [1.165, 1.54) is 27.5 Å². The molecule has 7 heteroatoms. The van der Waals surface area contributed by atoms with Crippen molar-refractivity contribution >= 4 is 23.3 Å². The van der Waals surface area contributed by atoms with Crippen molar-refractivity contribution in [1.82, 2.24) is 4.98 Å². The van der Waals surface area contributed by atoms with Crippen LogP contribution < -0.4 is 19.5 Å². The van der Waals surface area contributed by atoms with Gasteiger partial charge in [0.1, 0.15) is 11.6 Å². The lowest BCUT2D eigenvalue weighted by Crippen LogP contribution is -2.14. The number of hydrogen-bond acceptors (Lipinski definition) is 5. The molecule has 1 amide bonds. The fraction of sp³-hybridized carbons (Fsp3) is 0.200. The number of amides is 1. The highest BCUT2D eigenvalue weighted by atomic mass is 35.5. The van der Waals surface area contributed by atoms with Crippen LogP contribution in [-0.2, 0) is 0 Å². The molecule has 1 heterocycles. The highest BCUT2D eigenvalue weighted by Gasteiger charge is 2.18. The number of carbonyl (C=O) groups is 1. The second kappa shape index (κ2) is 7.00. The van der Waals surface area contributed by atoms with Crippen molar-refractivity contribution < 1.29 is 19.0 Å². The number of hydrogen-bond donors (Lipinski definition) is 1. The zero-order valence-corrected chi connectivity index (χ0v) is 13.1. The summed E-state index contributed by atoms with van der Waals surface area (Å²) >= 11 is 5.76. The van der Waals surface area contributed by atoms with Gasteiger partial charge in [0.2, 0.25) is 0 Å². The van der Waals surface area contributed by atoms with E-state index in [1.54, 1.807) is 24.3 Å². The van der Waals surface area contributed by atoms with Gasteiger partial charge in [-0.05, 0) is 12.1 Å². The largest absolute Gasteiger partial charge is 0.496 e. The summed E-state index contributed by atoms with van der Waals surface area (Å²) < 4.78 is 15.6. The number of pyridine rings is 1. The maximum absolute atomic E-state index is 12.4. The van der Waals surface area contributed by atoms with Crippen LogP contribution in [0.2, 0.25) is 5.02 Å². The molecule has 2 aromatic rings. The molecule has 0 fully saturated rings. The molecule has 0 aliphatic heterocycles. The van der Waals surface area contributed by atoms with Crippen LogP contribution in [0, 0.1) is 0 Å². The molecule has 2 rings (SSSR count). The van der Waals surface area contributed by atoms with E-state index in [2.05, 4.69) is 10.3 Å². The Morgan fingerprint density at radius 2 is 1.68 bits per heavy atom. The van der Waals surface area contributed by atoms with Crippen LogP contribution in [0.1, 0.15) is 10.4 Å². The predicted octanol–water partition coefficient (Wildman–Crippen LogP) is 3.01. The van der Waals surface area contributed by atoms with Gasteiger partial charge in [-0.1, -0.05) is 11.6 Å². The Bertz CT molecular complexity index is 674. The van der Waals surface area contributed by atoms with E-state index in [1.807, 2.05) is 0 Å². The summed E-state index contributed by atoms with van der Waals surface area (Å²) in [6.45, 7) is 0. The SMILES string of the molecule is COc1cc(OC)c(C(=O)Nc2ccc(Cl)cn2)cc1OC. The Labute approximate surface area is 133 Å². The van der Waals surface area contributed by atoms with Crippen molar-refractivity contribution in [1.29, 1.82) is 0 Å². The summed E-state index contributed by atoms with van der Waals surface area (Å²) in [5.74, 6) is 1.26. The van der Waals surface area contributed by atoms with Crippen molar-refractivity contribution in [2.45, 2.75) is 0 Å². The molecule has 6 nitrogen and oxygen atoms in total. The van der Waals surface area contributed by atoms with Gasteiger partial charge >= 0.3 is 0 Å². The molecule has 0 aliphatic rings. The summed E-state index contributed by atoms with van der Waals surface area (Å²) in [4.78, 5) is 16.4. The van der Waals surface area contributed by atoms with Crippen LogP contribution in [0.3, 0.4) is 0 Å². The van der Waals surface area contributed by atoms with Crippen molar-refractivity contribution in [3.8, 4) is 17.2 Å². The average molecular weight is 323 g/mol. The maximum atomic E-state index is 12.4. The molecule has 0 saturated heterocycles. The molecular weight excluding hydrogens is 308 g/mol. The minimum atomic E-state index is -0.382. The number of anilines is 1. The number of rotatable bonds is 5. The van der Waals surface area contributed by atoms with Crippen LogP contribution >= 0.6 is 11.6 Å². The van der Waals surface area contributed by atoms with E-state index in [4.69, 9.17) is 25.8 Å². The van der Waals surface area contributed by atoms with E-state index in [9.17, 15) is 4.79 Å². The van der Waals surface area contributed by atoms with Gasteiger partial charge in [-0.2, -0.15) is 0 Å². The third-order valence-electron chi connectivity index (χ3n) is 2.92. The minimum Gasteiger partial charge on any atom is -0.496 e. The summed E-state index contributed by atoms with van der Waals surface area (Å²) in [7, 11) is 4.47. The smallest absolute Gasteiger partial charge is 0.260 e. The Hall–Kier alpha value is -2.47. The number of nitrogens with one attached hydrogen (secondary N) is 1. The van der Waals surface area contributed by atoms with Gasteiger partial charge in [0.25, 0.3) is 5.91 Å². The van der Waals surface area contributed by atoms with Gasteiger partial charge in [0.05, 0.1) is 31.9 Å². The Balaban J connectivity index is 2.33. The monoisotopic (exact) mass is 322 g/mol. The zero-order chi connectivity index (χ0) is 16.1. The van der Waals surface area contributed by atoms with E-state index < -0.39 is 0 Å². The third kappa shape index (κ3) is 3.40. The first-order valence-corrected chi connectivity index (χ1v) is 6.69. The summed E-state index contributed by atoms with van der Waals surface area (Å²) in [6, 6.07) is 6.37. The highest BCUT2D eigenvalue weighted by molar-refractivity contribution is 6.30. The van der Waals surface area contributed by atoms with Crippen molar-refractivity contribution in [2.24, 2.45) is 0 Å². The molecule has 0 spiro atoms. The molecule has 0 unspecified atom stereocenters. The van der Waals surface area contributed by atoms with Gasteiger partial charge < -0.3 is 19.5 Å². The van der Waals surface area contributed by atoms with Crippen molar-refractivity contribution in [3.05, 3.63) is 41.0 Å².